The van der Waals surface area contributed by atoms with Gasteiger partial charge in [-0.1, -0.05) is 41.0 Å². The lowest BCUT2D eigenvalue weighted by atomic mass is 9.94. The van der Waals surface area contributed by atoms with Crippen molar-refractivity contribution in [2.45, 2.75) is 13.0 Å². The van der Waals surface area contributed by atoms with Crippen LogP contribution in [0.4, 0.5) is 10.1 Å². The van der Waals surface area contributed by atoms with Gasteiger partial charge in [0.05, 0.1) is 22.2 Å². The molecule has 0 saturated carbocycles. The van der Waals surface area contributed by atoms with Crippen LogP contribution in [0.5, 0.6) is 0 Å². The second-order valence-corrected chi connectivity index (χ2v) is 8.92. The maximum Gasteiger partial charge on any atom is 0.258 e. The van der Waals surface area contributed by atoms with Gasteiger partial charge in [-0.3, -0.25) is 4.90 Å². The molecule has 0 radical (unpaired) electrons. The molecule has 1 unspecified atom stereocenters. The smallest absolute Gasteiger partial charge is 0.258 e. The number of thiocarbonyl (C=S) groups is 1. The fourth-order valence-corrected chi connectivity index (χ4v) is 4.83. The summed E-state index contributed by atoms with van der Waals surface area (Å²) in [7, 11) is 0. The zero-order chi connectivity index (χ0) is 22.2. The zero-order valence-corrected chi connectivity index (χ0v) is 19.1. The lowest BCUT2D eigenvalue weighted by Crippen LogP contribution is -2.46. The lowest BCUT2D eigenvalue weighted by molar-refractivity contribution is 0.404. The summed E-state index contributed by atoms with van der Waals surface area (Å²) in [4.78, 5) is 7.33. The number of hydrogen-bond donors (Lipinski definition) is 1. The predicted molar refractivity (Wildman–Crippen MR) is 129 cm³/mol. The Labute approximate surface area is 198 Å². The summed E-state index contributed by atoms with van der Waals surface area (Å²) in [6.07, 6.45) is 0. The number of benzene rings is 2. The summed E-state index contributed by atoms with van der Waals surface area (Å²) in [5, 5.41) is 10.6. The third kappa shape index (κ3) is 3.81. The maximum absolute atomic E-state index is 14.0. The minimum absolute atomic E-state index is 0.346. The van der Waals surface area contributed by atoms with E-state index in [1.54, 1.807) is 17.0 Å². The van der Waals surface area contributed by atoms with E-state index in [9.17, 15) is 4.39 Å². The minimum atomic E-state index is -0.350. The first-order valence-electron chi connectivity index (χ1n) is 9.71. The molecule has 32 heavy (non-hydrogen) atoms. The molecular weight excluding hydrogens is 467 g/mol. The van der Waals surface area contributed by atoms with Crippen LogP contribution in [0.2, 0.25) is 5.02 Å². The van der Waals surface area contributed by atoms with Crippen molar-refractivity contribution in [1.29, 1.82) is 0 Å². The molecule has 0 fully saturated rings. The van der Waals surface area contributed by atoms with Crippen molar-refractivity contribution in [3.05, 3.63) is 94.0 Å². The molecule has 1 atom stereocenters. The van der Waals surface area contributed by atoms with Crippen LogP contribution >= 0.6 is 35.2 Å². The van der Waals surface area contributed by atoms with E-state index in [2.05, 4.69) is 15.5 Å². The van der Waals surface area contributed by atoms with Crippen molar-refractivity contribution >= 4 is 51.5 Å². The number of anilines is 1. The van der Waals surface area contributed by atoms with Gasteiger partial charge in [-0.2, -0.15) is 4.98 Å². The quantitative estimate of drug-likeness (QED) is 0.337. The van der Waals surface area contributed by atoms with Gasteiger partial charge in [-0.15, -0.1) is 11.3 Å². The molecule has 0 saturated heterocycles. The SMILES string of the molecule is CC1=C(c2nc(-c3cccs3)no2)C(c2ccc(Cl)cc2)NC(=S)N1c1cccc(F)c1. The molecule has 1 N–H and O–H groups in total. The molecule has 4 aromatic rings. The molecule has 5 rings (SSSR count). The summed E-state index contributed by atoms with van der Waals surface area (Å²) in [6, 6.07) is 17.3. The summed E-state index contributed by atoms with van der Waals surface area (Å²) in [5.74, 6) is 0.523. The topological polar surface area (TPSA) is 54.2 Å². The highest BCUT2D eigenvalue weighted by atomic mass is 35.5. The molecule has 0 aliphatic carbocycles. The Morgan fingerprint density at radius 1 is 1.16 bits per heavy atom. The van der Waals surface area contributed by atoms with Gasteiger partial charge in [0.15, 0.2) is 5.11 Å². The average Bonchev–Trinajstić information content (AvgIpc) is 3.46. The largest absolute Gasteiger partial charge is 0.351 e. The predicted octanol–water partition coefficient (Wildman–Crippen LogP) is 6.46. The van der Waals surface area contributed by atoms with Gasteiger partial charge in [-0.25, -0.2) is 4.39 Å². The fourth-order valence-electron chi connectivity index (χ4n) is 3.69. The molecule has 0 spiro atoms. The Balaban J connectivity index is 1.67. The number of rotatable bonds is 4. The number of nitrogens with zero attached hydrogens (tertiary/aromatic N) is 3. The van der Waals surface area contributed by atoms with Crippen molar-refractivity contribution in [2.24, 2.45) is 0 Å². The monoisotopic (exact) mass is 482 g/mol. The van der Waals surface area contributed by atoms with Gasteiger partial charge in [0, 0.05) is 10.7 Å². The molecule has 0 bridgehead atoms. The van der Waals surface area contributed by atoms with Gasteiger partial charge in [-0.05, 0) is 66.5 Å². The van der Waals surface area contributed by atoms with Gasteiger partial charge in [0.1, 0.15) is 5.82 Å². The molecule has 2 aromatic carbocycles. The van der Waals surface area contributed by atoms with Crippen molar-refractivity contribution in [3.63, 3.8) is 0 Å². The minimum Gasteiger partial charge on any atom is -0.351 e. The second-order valence-electron chi connectivity index (χ2n) is 7.15. The molecule has 2 aromatic heterocycles. The first-order valence-corrected chi connectivity index (χ1v) is 11.4. The van der Waals surface area contributed by atoms with E-state index in [1.807, 2.05) is 48.7 Å². The van der Waals surface area contributed by atoms with E-state index >= 15 is 0 Å². The van der Waals surface area contributed by atoms with Crippen LogP contribution in [-0.4, -0.2) is 15.3 Å². The van der Waals surface area contributed by atoms with Crippen molar-refractivity contribution in [3.8, 4) is 10.7 Å². The van der Waals surface area contributed by atoms with Gasteiger partial charge >= 0.3 is 0 Å². The second kappa shape index (κ2) is 8.46. The molecule has 3 heterocycles. The molecule has 1 aliphatic heterocycles. The third-order valence-electron chi connectivity index (χ3n) is 5.15. The number of allylic oxidation sites excluding steroid dienone is 1. The normalized spacial score (nSPS) is 16.4. The molecule has 0 amide bonds. The van der Waals surface area contributed by atoms with Crippen molar-refractivity contribution in [1.82, 2.24) is 15.5 Å². The van der Waals surface area contributed by atoms with Crippen LogP contribution in [0, 0.1) is 5.82 Å². The summed E-state index contributed by atoms with van der Waals surface area (Å²) >= 11 is 13.3. The number of halogens is 2. The van der Waals surface area contributed by atoms with E-state index in [0.717, 1.165) is 21.7 Å². The Morgan fingerprint density at radius 2 is 1.97 bits per heavy atom. The van der Waals surface area contributed by atoms with E-state index < -0.39 is 0 Å². The van der Waals surface area contributed by atoms with E-state index in [1.165, 1.54) is 23.5 Å². The van der Waals surface area contributed by atoms with Gasteiger partial charge < -0.3 is 9.84 Å². The van der Waals surface area contributed by atoms with E-state index in [0.29, 0.717) is 27.5 Å². The molecule has 9 heteroatoms. The highest BCUT2D eigenvalue weighted by Gasteiger charge is 2.35. The van der Waals surface area contributed by atoms with Crippen LogP contribution in [0.1, 0.15) is 24.4 Å². The van der Waals surface area contributed by atoms with Crippen LogP contribution in [0.25, 0.3) is 16.3 Å². The third-order valence-corrected chi connectivity index (χ3v) is 6.57. The maximum atomic E-state index is 14.0. The average molecular weight is 483 g/mol. The Hall–Kier alpha value is -3.07. The standard InChI is InChI=1S/C23H16ClFN4OS2/c1-13-19(22-27-21(28-30-22)18-6-3-11-32-18)20(14-7-9-15(24)10-8-14)26-23(31)29(13)17-5-2-4-16(25)12-17/h2-12,20H,1H3,(H,26,31). The lowest BCUT2D eigenvalue weighted by Gasteiger charge is -2.37. The van der Waals surface area contributed by atoms with E-state index in [4.69, 9.17) is 28.3 Å². The summed E-state index contributed by atoms with van der Waals surface area (Å²) in [5.41, 5.74) is 3.05. The summed E-state index contributed by atoms with van der Waals surface area (Å²) in [6.45, 7) is 1.91. The first kappa shape index (κ1) is 20.8. The Kier molecular flexibility index (Phi) is 5.50. The number of nitrogens with one attached hydrogen (secondary N) is 1. The van der Waals surface area contributed by atoms with Gasteiger partial charge in [0.2, 0.25) is 5.82 Å². The first-order chi connectivity index (χ1) is 15.5. The molecular formula is C23H16ClFN4OS2. The highest BCUT2D eigenvalue weighted by Crippen LogP contribution is 2.39. The molecule has 5 nitrogen and oxygen atoms in total. The van der Waals surface area contributed by atoms with Crippen LogP contribution in [0.3, 0.4) is 0 Å². The zero-order valence-electron chi connectivity index (χ0n) is 16.8. The van der Waals surface area contributed by atoms with Crippen molar-refractivity contribution < 1.29 is 8.91 Å². The van der Waals surface area contributed by atoms with Crippen molar-refractivity contribution in [2.75, 3.05) is 4.90 Å². The van der Waals surface area contributed by atoms with Crippen LogP contribution in [-0.2, 0) is 0 Å². The molecule has 1 aliphatic rings. The summed E-state index contributed by atoms with van der Waals surface area (Å²) < 4.78 is 19.7. The highest BCUT2D eigenvalue weighted by molar-refractivity contribution is 7.80. The number of hydrogen-bond acceptors (Lipinski definition) is 5. The Bertz CT molecular complexity index is 1320. The van der Waals surface area contributed by atoms with E-state index in [-0.39, 0.29) is 11.9 Å². The van der Waals surface area contributed by atoms with Crippen LogP contribution < -0.4 is 10.2 Å². The number of thiophene rings is 1. The number of aromatic nitrogens is 2. The van der Waals surface area contributed by atoms with Crippen LogP contribution in [0.15, 0.2) is 76.3 Å². The Morgan fingerprint density at radius 3 is 2.69 bits per heavy atom. The fraction of sp³-hybridized carbons (Fsp3) is 0.0870. The molecule has 160 valence electrons. The van der Waals surface area contributed by atoms with Gasteiger partial charge in [0.25, 0.3) is 5.89 Å².